The van der Waals surface area contributed by atoms with Gasteiger partial charge in [0.2, 0.25) is 0 Å². The van der Waals surface area contributed by atoms with Crippen molar-refractivity contribution in [2.24, 2.45) is 9.51 Å². The first-order valence-electron chi connectivity index (χ1n) is 8.37. The molecule has 1 heterocycles. The second-order valence-electron chi connectivity index (χ2n) is 7.05. The van der Waals surface area contributed by atoms with Crippen LogP contribution in [0.15, 0.2) is 27.7 Å². The van der Waals surface area contributed by atoms with Gasteiger partial charge in [0.15, 0.2) is 0 Å². The van der Waals surface area contributed by atoms with Crippen LogP contribution in [-0.2, 0) is 16.1 Å². The summed E-state index contributed by atoms with van der Waals surface area (Å²) in [5.41, 5.74) is 10.4. The van der Waals surface area contributed by atoms with Gasteiger partial charge in [0.25, 0.3) is 0 Å². The van der Waals surface area contributed by atoms with Crippen molar-refractivity contribution in [3.63, 3.8) is 0 Å². The van der Waals surface area contributed by atoms with Gasteiger partial charge in [-0.25, -0.2) is 4.39 Å². The number of anilines is 1. The van der Waals surface area contributed by atoms with E-state index in [0.29, 0.717) is 31.0 Å². The summed E-state index contributed by atoms with van der Waals surface area (Å²) in [5, 5.41) is 3.57. The summed E-state index contributed by atoms with van der Waals surface area (Å²) < 4.78 is 35.6. The number of ether oxygens (including phenoxy) is 1. The number of morpholine rings is 1. The molecule has 7 nitrogen and oxygen atoms in total. The molecule has 9 heteroatoms. The van der Waals surface area contributed by atoms with E-state index in [1.54, 1.807) is 13.0 Å². The van der Waals surface area contributed by atoms with Crippen LogP contribution < -0.4 is 4.90 Å². The molecule has 26 heavy (non-hydrogen) atoms. The molecule has 1 aromatic rings. The predicted octanol–water partition coefficient (Wildman–Crippen LogP) is 3.61. The lowest BCUT2D eigenvalue weighted by Crippen LogP contribution is -2.44. The SMILES string of the molecule is CC(=N[S+]([O-])C(C)(C)C)c1cc(F)ccc1N1CCO[C@@H](CN=[N+]=[N-])C1. The number of azide groups is 1. The van der Waals surface area contributed by atoms with Crippen molar-refractivity contribution in [1.29, 1.82) is 0 Å². The number of benzene rings is 1. The Morgan fingerprint density at radius 3 is 2.88 bits per heavy atom. The van der Waals surface area contributed by atoms with E-state index in [-0.39, 0.29) is 18.5 Å². The Kier molecular flexibility index (Phi) is 6.88. The molecule has 0 N–H and O–H groups in total. The largest absolute Gasteiger partial charge is 0.591 e. The zero-order valence-corrected chi connectivity index (χ0v) is 16.3. The summed E-state index contributed by atoms with van der Waals surface area (Å²) >= 11 is -1.43. The van der Waals surface area contributed by atoms with Gasteiger partial charge in [-0.2, -0.15) is 0 Å². The topological polar surface area (TPSA) is 96.6 Å². The number of nitrogens with zero attached hydrogens (tertiary/aromatic N) is 5. The maximum atomic E-state index is 13.9. The van der Waals surface area contributed by atoms with Crippen LogP contribution in [0.1, 0.15) is 33.3 Å². The Balaban J connectivity index is 2.32. The van der Waals surface area contributed by atoms with E-state index in [0.717, 1.165) is 5.69 Å². The van der Waals surface area contributed by atoms with Gasteiger partial charge in [0.05, 0.1) is 25.0 Å². The van der Waals surface area contributed by atoms with Gasteiger partial charge in [-0.15, -0.1) is 0 Å². The molecule has 0 saturated carbocycles. The maximum absolute atomic E-state index is 13.9. The fourth-order valence-electron chi connectivity index (χ4n) is 2.56. The third-order valence-electron chi connectivity index (χ3n) is 3.92. The highest BCUT2D eigenvalue weighted by Crippen LogP contribution is 2.26. The van der Waals surface area contributed by atoms with E-state index in [1.807, 2.05) is 20.8 Å². The van der Waals surface area contributed by atoms with Crippen molar-refractivity contribution in [2.45, 2.75) is 38.5 Å². The molecule has 2 rings (SSSR count). The Hall–Kier alpha value is -1.80. The van der Waals surface area contributed by atoms with Crippen LogP contribution in [0.2, 0.25) is 0 Å². The molecule has 142 valence electrons. The van der Waals surface area contributed by atoms with Gasteiger partial charge >= 0.3 is 0 Å². The van der Waals surface area contributed by atoms with Gasteiger partial charge < -0.3 is 14.2 Å². The zero-order chi connectivity index (χ0) is 19.3. The highest BCUT2D eigenvalue weighted by Gasteiger charge is 2.28. The molecular weight excluding hydrogens is 357 g/mol. The third kappa shape index (κ3) is 5.35. The quantitative estimate of drug-likeness (QED) is 0.256. The van der Waals surface area contributed by atoms with Gasteiger partial charge in [-0.3, -0.25) is 0 Å². The van der Waals surface area contributed by atoms with Gasteiger partial charge in [-0.05, 0) is 51.4 Å². The highest BCUT2D eigenvalue weighted by molar-refractivity contribution is 7.91. The first-order valence-corrected chi connectivity index (χ1v) is 9.47. The average Bonchev–Trinajstić information content (AvgIpc) is 2.59. The van der Waals surface area contributed by atoms with Crippen molar-refractivity contribution < 1.29 is 13.7 Å². The molecule has 1 aromatic carbocycles. The van der Waals surface area contributed by atoms with Gasteiger partial charge in [0, 0.05) is 29.3 Å². The van der Waals surface area contributed by atoms with Crippen LogP contribution in [0.3, 0.4) is 0 Å². The molecule has 0 aromatic heterocycles. The van der Waals surface area contributed by atoms with Crippen molar-refractivity contribution in [2.75, 3.05) is 31.1 Å². The summed E-state index contributed by atoms with van der Waals surface area (Å²) in [7, 11) is 0. The second-order valence-corrected chi connectivity index (χ2v) is 8.96. The fourth-order valence-corrected chi connectivity index (χ4v) is 3.18. The van der Waals surface area contributed by atoms with Crippen molar-refractivity contribution >= 4 is 22.8 Å². The van der Waals surface area contributed by atoms with Crippen LogP contribution >= 0.6 is 0 Å². The third-order valence-corrected chi connectivity index (χ3v) is 5.41. The van der Waals surface area contributed by atoms with E-state index in [2.05, 4.69) is 19.3 Å². The second kappa shape index (κ2) is 8.73. The molecule has 0 amide bonds. The van der Waals surface area contributed by atoms with E-state index in [9.17, 15) is 8.94 Å². The fraction of sp³-hybridized carbons (Fsp3) is 0.588. The summed E-state index contributed by atoms with van der Waals surface area (Å²) in [5.74, 6) is -0.376. The van der Waals surface area contributed by atoms with Crippen molar-refractivity contribution in [1.82, 2.24) is 0 Å². The summed E-state index contributed by atoms with van der Waals surface area (Å²) in [6.07, 6.45) is -0.224. The molecule has 1 fully saturated rings. The Morgan fingerprint density at radius 1 is 1.50 bits per heavy atom. The van der Waals surface area contributed by atoms with Gasteiger partial charge in [0.1, 0.15) is 21.9 Å². The molecule has 2 atom stereocenters. The van der Waals surface area contributed by atoms with Crippen LogP contribution in [0.5, 0.6) is 0 Å². The number of hydrogen-bond donors (Lipinski definition) is 0. The zero-order valence-electron chi connectivity index (χ0n) is 15.5. The molecule has 1 unspecified atom stereocenters. The average molecular weight is 381 g/mol. The molecule has 0 bridgehead atoms. The first-order chi connectivity index (χ1) is 12.2. The Bertz CT molecular complexity index is 716. The van der Waals surface area contributed by atoms with E-state index >= 15 is 0 Å². The van der Waals surface area contributed by atoms with E-state index in [4.69, 9.17) is 10.3 Å². The molecule has 1 saturated heterocycles. The molecule has 0 aliphatic carbocycles. The molecule has 1 aliphatic rings. The highest BCUT2D eigenvalue weighted by atomic mass is 32.2. The number of hydrogen-bond acceptors (Lipinski definition) is 5. The lowest BCUT2D eigenvalue weighted by atomic mass is 10.1. The molecule has 1 aliphatic heterocycles. The minimum Gasteiger partial charge on any atom is -0.591 e. The van der Waals surface area contributed by atoms with Crippen molar-refractivity contribution in [3.05, 3.63) is 40.0 Å². The van der Waals surface area contributed by atoms with Gasteiger partial charge in [-0.1, -0.05) is 9.51 Å². The predicted molar refractivity (Wildman–Crippen MR) is 102 cm³/mol. The summed E-state index contributed by atoms with van der Waals surface area (Å²) in [6.45, 7) is 9.13. The lowest BCUT2D eigenvalue weighted by Gasteiger charge is -2.35. The summed E-state index contributed by atoms with van der Waals surface area (Å²) in [4.78, 5) is 4.82. The van der Waals surface area contributed by atoms with E-state index < -0.39 is 16.1 Å². The van der Waals surface area contributed by atoms with Crippen LogP contribution in [0.25, 0.3) is 10.4 Å². The van der Waals surface area contributed by atoms with Crippen LogP contribution in [0, 0.1) is 5.82 Å². The maximum Gasteiger partial charge on any atom is 0.144 e. The monoisotopic (exact) mass is 381 g/mol. The number of halogens is 1. The minimum atomic E-state index is -1.43. The van der Waals surface area contributed by atoms with E-state index in [1.165, 1.54) is 12.1 Å². The molecule has 0 radical (unpaired) electrons. The summed E-state index contributed by atoms with van der Waals surface area (Å²) in [6, 6.07) is 4.50. The smallest absolute Gasteiger partial charge is 0.144 e. The standard InChI is InChI=1S/C17H24FN5O2S/c1-12(21-26(24)17(2,3)4)15-9-13(18)5-6-16(15)23-7-8-25-14(11-23)10-20-22-19/h5-6,9,14H,7-8,10-11H2,1-4H3/t14-,26?/m0/s1. The Labute approximate surface area is 156 Å². The van der Waals surface area contributed by atoms with Crippen LogP contribution in [0.4, 0.5) is 10.1 Å². The minimum absolute atomic E-state index is 0.224. The normalized spacial score (nSPS) is 19.8. The first kappa shape index (κ1) is 20.5. The Morgan fingerprint density at radius 2 is 2.23 bits per heavy atom. The molecule has 0 spiro atoms. The number of rotatable bonds is 5. The lowest BCUT2D eigenvalue weighted by molar-refractivity contribution is 0.0466. The molecular formula is C17H24FN5O2S. The van der Waals surface area contributed by atoms with Crippen molar-refractivity contribution in [3.8, 4) is 0 Å². The van der Waals surface area contributed by atoms with Crippen LogP contribution in [-0.4, -0.2) is 47.4 Å².